The summed E-state index contributed by atoms with van der Waals surface area (Å²) in [5.41, 5.74) is 0.544. The summed E-state index contributed by atoms with van der Waals surface area (Å²) in [4.78, 5) is 23.8. The summed E-state index contributed by atoms with van der Waals surface area (Å²) in [6.07, 6.45) is 0. The summed E-state index contributed by atoms with van der Waals surface area (Å²) in [6.45, 7) is -0.213. The van der Waals surface area contributed by atoms with E-state index < -0.39 is 5.97 Å². The van der Waals surface area contributed by atoms with Crippen LogP contribution in [0.25, 0.3) is 10.2 Å². The molecule has 7 heteroatoms. The number of fused-ring (bicyclic) bond motifs is 1. The van der Waals surface area contributed by atoms with Gasteiger partial charge in [-0.25, -0.2) is 4.79 Å². The van der Waals surface area contributed by atoms with Crippen molar-refractivity contribution >= 4 is 50.7 Å². The fourth-order valence-electron chi connectivity index (χ4n) is 2.05. The van der Waals surface area contributed by atoms with Crippen LogP contribution in [-0.4, -0.2) is 10.5 Å². The summed E-state index contributed by atoms with van der Waals surface area (Å²) < 4.78 is 7.24. The van der Waals surface area contributed by atoms with Crippen LogP contribution < -0.4 is 9.61 Å². The maximum absolute atomic E-state index is 12.0. The Morgan fingerprint density at radius 2 is 1.95 bits per heavy atom. The lowest BCUT2D eigenvalue weighted by Gasteiger charge is -2.06. The number of thiazole rings is 1. The molecule has 3 aromatic rings. The van der Waals surface area contributed by atoms with E-state index in [1.807, 2.05) is 0 Å². The van der Waals surface area contributed by atoms with E-state index in [2.05, 4.69) is 0 Å². The number of ether oxygens (including phenoxy) is 1. The van der Waals surface area contributed by atoms with Gasteiger partial charge in [0.15, 0.2) is 0 Å². The van der Waals surface area contributed by atoms with E-state index in [0.29, 0.717) is 21.3 Å². The van der Waals surface area contributed by atoms with E-state index >= 15 is 0 Å². The molecule has 4 nitrogen and oxygen atoms in total. The van der Waals surface area contributed by atoms with Crippen molar-refractivity contribution in [2.45, 2.75) is 6.54 Å². The monoisotopic (exact) mass is 353 g/mol. The van der Waals surface area contributed by atoms with Gasteiger partial charge in [-0.3, -0.25) is 9.36 Å². The van der Waals surface area contributed by atoms with Crippen molar-refractivity contribution in [2.75, 3.05) is 0 Å². The first-order chi connectivity index (χ1) is 10.5. The van der Waals surface area contributed by atoms with E-state index in [1.54, 1.807) is 36.4 Å². The van der Waals surface area contributed by atoms with Crippen LogP contribution in [0.15, 0.2) is 47.3 Å². The van der Waals surface area contributed by atoms with Crippen LogP contribution in [0.4, 0.5) is 0 Å². The largest absolute Gasteiger partial charge is 0.425 e. The van der Waals surface area contributed by atoms with Gasteiger partial charge < -0.3 is 4.74 Å². The van der Waals surface area contributed by atoms with Crippen molar-refractivity contribution in [2.24, 2.45) is 0 Å². The quantitative estimate of drug-likeness (QED) is 0.528. The molecule has 0 aliphatic carbocycles. The van der Waals surface area contributed by atoms with Gasteiger partial charge in [0, 0.05) is 5.02 Å². The Bertz CT molecular complexity index is 917. The van der Waals surface area contributed by atoms with Crippen LogP contribution in [0.1, 0.15) is 0 Å². The zero-order chi connectivity index (χ0) is 15.7. The van der Waals surface area contributed by atoms with Gasteiger partial charge in [-0.15, -0.1) is 0 Å². The molecule has 0 amide bonds. The molecule has 0 saturated heterocycles. The standard InChI is InChI=1S/C15H9Cl2NO3S/c16-9-3-1-4-10(7-9)21-13(19)8-18-14-11(17)5-2-6-12(14)22-15(18)20/h1-7H,8H2. The summed E-state index contributed by atoms with van der Waals surface area (Å²) >= 11 is 13.0. The van der Waals surface area contributed by atoms with Crippen LogP contribution in [0, 0.1) is 0 Å². The number of carbonyl (C=O) groups excluding carboxylic acids is 1. The zero-order valence-corrected chi connectivity index (χ0v) is 13.4. The lowest BCUT2D eigenvalue weighted by atomic mass is 10.3. The normalized spacial score (nSPS) is 10.8. The molecule has 0 saturated carbocycles. The second kappa shape index (κ2) is 6.12. The van der Waals surface area contributed by atoms with Gasteiger partial charge in [0.1, 0.15) is 12.3 Å². The second-order valence-corrected chi connectivity index (χ2v) is 6.31. The maximum Gasteiger partial charge on any atom is 0.331 e. The van der Waals surface area contributed by atoms with Gasteiger partial charge in [0.25, 0.3) is 0 Å². The number of esters is 1. The summed E-state index contributed by atoms with van der Waals surface area (Å²) in [6, 6.07) is 11.7. The Kier molecular flexibility index (Phi) is 4.20. The van der Waals surface area contributed by atoms with Crippen molar-refractivity contribution in [1.82, 2.24) is 4.57 Å². The Balaban J connectivity index is 1.88. The second-order valence-electron chi connectivity index (χ2n) is 4.47. The molecule has 0 spiro atoms. The van der Waals surface area contributed by atoms with E-state index in [0.717, 1.165) is 16.0 Å². The van der Waals surface area contributed by atoms with Gasteiger partial charge in [0.05, 0.1) is 15.2 Å². The van der Waals surface area contributed by atoms with Crippen LogP contribution in [-0.2, 0) is 11.3 Å². The first-order valence-corrected chi connectivity index (χ1v) is 7.86. The molecule has 0 unspecified atom stereocenters. The van der Waals surface area contributed by atoms with Gasteiger partial charge in [-0.1, -0.05) is 46.7 Å². The van der Waals surface area contributed by atoms with Gasteiger partial charge >= 0.3 is 10.8 Å². The minimum absolute atomic E-state index is 0.213. The van der Waals surface area contributed by atoms with Crippen molar-refractivity contribution in [3.05, 3.63) is 62.2 Å². The van der Waals surface area contributed by atoms with Crippen LogP contribution in [0.2, 0.25) is 10.0 Å². The number of benzene rings is 2. The first-order valence-electron chi connectivity index (χ1n) is 6.29. The predicted molar refractivity (Wildman–Crippen MR) is 88.2 cm³/mol. The highest BCUT2D eigenvalue weighted by molar-refractivity contribution is 7.16. The Morgan fingerprint density at radius 3 is 2.73 bits per heavy atom. The molecule has 0 fully saturated rings. The molecule has 0 bridgehead atoms. The maximum atomic E-state index is 12.0. The van der Waals surface area contributed by atoms with Gasteiger partial charge in [-0.05, 0) is 30.3 Å². The van der Waals surface area contributed by atoms with Crippen LogP contribution in [0.5, 0.6) is 5.75 Å². The van der Waals surface area contributed by atoms with Crippen molar-refractivity contribution in [3.8, 4) is 5.75 Å². The molecule has 1 aromatic heterocycles. The lowest BCUT2D eigenvalue weighted by Crippen LogP contribution is -2.22. The number of rotatable bonds is 3. The highest BCUT2D eigenvalue weighted by Gasteiger charge is 2.15. The number of nitrogens with zero attached hydrogens (tertiary/aromatic N) is 1. The summed E-state index contributed by atoms with van der Waals surface area (Å²) in [7, 11) is 0. The number of carbonyl (C=O) groups is 1. The minimum atomic E-state index is -0.566. The number of para-hydroxylation sites is 1. The molecule has 3 rings (SSSR count). The average molecular weight is 354 g/mol. The zero-order valence-electron chi connectivity index (χ0n) is 11.1. The smallest absolute Gasteiger partial charge is 0.331 e. The third kappa shape index (κ3) is 3.02. The predicted octanol–water partition coefficient (Wildman–Crippen LogP) is 3.98. The average Bonchev–Trinajstić information content (AvgIpc) is 2.76. The Hall–Kier alpha value is -1.82. The highest BCUT2D eigenvalue weighted by Crippen LogP contribution is 2.25. The number of hydrogen-bond acceptors (Lipinski definition) is 4. The molecule has 0 atom stereocenters. The van der Waals surface area contributed by atoms with E-state index in [1.165, 1.54) is 10.6 Å². The number of halogens is 2. The fourth-order valence-corrected chi connectivity index (χ4v) is 3.48. The lowest BCUT2D eigenvalue weighted by molar-refractivity contribution is -0.135. The molecule has 1 heterocycles. The molecule has 0 N–H and O–H groups in total. The summed E-state index contributed by atoms with van der Waals surface area (Å²) in [5.74, 6) is -0.236. The molecule has 22 heavy (non-hydrogen) atoms. The molecule has 0 aliphatic rings. The fraction of sp³-hybridized carbons (Fsp3) is 0.0667. The third-order valence-corrected chi connectivity index (χ3v) is 4.44. The van der Waals surface area contributed by atoms with Crippen LogP contribution >= 0.6 is 34.5 Å². The van der Waals surface area contributed by atoms with Crippen molar-refractivity contribution in [1.29, 1.82) is 0 Å². The number of aromatic nitrogens is 1. The highest BCUT2D eigenvalue weighted by atomic mass is 35.5. The van der Waals surface area contributed by atoms with Crippen molar-refractivity contribution < 1.29 is 9.53 Å². The molecule has 0 radical (unpaired) electrons. The first kappa shape index (κ1) is 15.1. The molecule has 0 aliphatic heterocycles. The third-order valence-electron chi connectivity index (χ3n) is 2.95. The molecular weight excluding hydrogens is 345 g/mol. The van der Waals surface area contributed by atoms with E-state index in [-0.39, 0.29) is 11.4 Å². The van der Waals surface area contributed by atoms with Gasteiger partial charge in [-0.2, -0.15) is 0 Å². The number of hydrogen-bond donors (Lipinski definition) is 0. The molecule has 112 valence electrons. The van der Waals surface area contributed by atoms with Crippen LogP contribution in [0.3, 0.4) is 0 Å². The van der Waals surface area contributed by atoms with Gasteiger partial charge in [0.2, 0.25) is 0 Å². The SMILES string of the molecule is O=C(Cn1c(=O)sc2cccc(Cl)c21)Oc1cccc(Cl)c1. The Morgan fingerprint density at radius 1 is 1.18 bits per heavy atom. The topological polar surface area (TPSA) is 48.3 Å². The minimum Gasteiger partial charge on any atom is -0.425 e. The summed E-state index contributed by atoms with van der Waals surface area (Å²) in [5, 5.41) is 0.887. The van der Waals surface area contributed by atoms with Crippen molar-refractivity contribution in [3.63, 3.8) is 0 Å². The van der Waals surface area contributed by atoms with E-state index in [4.69, 9.17) is 27.9 Å². The molecular formula is C15H9Cl2NO3S. The van der Waals surface area contributed by atoms with E-state index in [9.17, 15) is 9.59 Å². The Labute approximate surface area is 139 Å². The molecule has 2 aromatic carbocycles.